The van der Waals surface area contributed by atoms with Crippen LogP contribution < -0.4 is 4.90 Å². The molecule has 2 aromatic heterocycles. The zero-order valence-electron chi connectivity index (χ0n) is 10.2. The monoisotopic (exact) mass is 294 g/mol. The lowest BCUT2D eigenvalue weighted by atomic mass is 10.0. The van der Waals surface area contributed by atoms with Crippen molar-refractivity contribution in [2.45, 2.75) is 5.66 Å². The molecule has 1 aliphatic rings. The van der Waals surface area contributed by atoms with Gasteiger partial charge >= 0.3 is 5.66 Å². The third kappa shape index (κ3) is 1.88. The third-order valence-electron chi connectivity index (χ3n) is 2.93. The average molecular weight is 294 g/mol. The van der Waals surface area contributed by atoms with Gasteiger partial charge in [0.05, 0.1) is 0 Å². The molecule has 2 aromatic rings. The molecule has 3 rings (SSSR count). The van der Waals surface area contributed by atoms with Crippen LogP contribution in [0.3, 0.4) is 0 Å². The summed E-state index contributed by atoms with van der Waals surface area (Å²) in [6.45, 7) is -0.891. The molecule has 1 aliphatic heterocycles. The van der Waals surface area contributed by atoms with E-state index in [1.165, 1.54) is 22.2 Å². The molecule has 1 fully saturated rings. The molecule has 14 nitrogen and oxygen atoms in total. The predicted molar refractivity (Wildman–Crippen MR) is 61.5 cm³/mol. The molecule has 0 saturated carbocycles. The van der Waals surface area contributed by atoms with Crippen LogP contribution in [-0.4, -0.2) is 63.8 Å². The van der Waals surface area contributed by atoms with E-state index in [1.54, 1.807) is 0 Å². The van der Waals surface area contributed by atoms with E-state index in [4.69, 9.17) is 0 Å². The van der Waals surface area contributed by atoms with E-state index < -0.39 is 28.6 Å². The first-order valence-corrected chi connectivity index (χ1v) is 5.49. The van der Waals surface area contributed by atoms with Gasteiger partial charge in [0, 0.05) is 0 Å². The highest BCUT2D eigenvalue weighted by Gasteiger charge is 2.67. The Hall–Kier alpha value is -3.32. The van der Waals surface area contributed by atoms with Crippen molar-refractivity contribution in [3.8, 4) is 5.95 Å². The molecule has 0 spiro atoms. The lowest BCUT2D eigenvalue weighted by molar-refractivity contribution is -0.799. The van der Waals surface area contributed by atoms with Crippen molar-refractivity contribution in [3.63, 3.8) is 0 Å². The van der Waals surface area contributed by atoms with Crippen molar-refractivity contribution in [3.05, 3.63) is 32.9 Å². The Labute approximate surface area is 114 Å². The summed E-state index contributed by atoms with van der Waals surface area (Å²) in [6, 6.07) is 0. The van der Waals surface area contributed by atoms with Gasteiger partial charge < -0.3 is 4.90 Å². The number of hydrogen-bond donors (Lipinski definition) is 0. The fraction of sp³-hybridized carbons (Fsp3) is 0.429. The van der Waals surface area contributed by atoms with Crippen LogP contribution in [0.2, 0.25) is 0 Å². The van der Waals surface area contributed by atoms with Crippen LogP contribution in [0.25, 0.3) is 5.95 Å². The minimum absolute atomic E-state index is 0.0295. The molecule has 0 aromatic carbocycles. The molecule has 0 aliphatic carbocycles. The molecular formula is C7H6N10O4. The first-order valence-electron chi connectivity index (χ1n) is 5.49. The molecule has 0 radical (unpaired) electrons. The number of nitrogens with zero attached hydrogens (tertiary/aromatic N) is 10. The number of rotatable bonds is 4. The Kier molecular flexibility index (Phi) is 2.64. The lowest BCUT2D eigenvalue weighted by Gasteiger charge is -2.35. The van der Waals surface area contributed by atoms with E-state index in [2.05, 4.69) is 30.5 Å². The van der Waals surface area contributed by atoms with E-state index in [-0.39, 0.29) is 11.9 Å². The maximum atomic E-state index is 10.8. The summed E-state index contributed by atoms with van der Waals surface area (Å²) in [5.74, 6) is 0.0322. The van der Waals surface area contributed by atoms with Crippen LogP contribution in [0.5, 0.6) is 0 Å². The lowest BCUT2D eigenvalue weighted by Crippen LogP contribution is -2.70. The number of anilines is 1. The zero-order chi connectivity index (χ0) is 15.0. The van der Waals surface area contributed by atoms with Gasteiger partial charge in [0.1, 0.15) is 22.5 Å². The van der Waals surface area contributed by atoms with Crippen LogP contribution >= 0.6 is 0 Å². The summed E-state index contributed by atoms with van der Waals surface area (Å²) < 4.78 is 1.22. The molecule has 21 heavy (non-hydrogen) atoms. The minimum Gasteiger partial charge on any atom is -0.309 e. The number of hydrogen-bond acceptors (Lipinski definition) is 11. The number of aromatic nitrogens is 7. The van der Waals surface area contributed by atoms with Crippen LogP contribution in [-0.2, 0) is 0 Å². The van der Waals surface area contributed by atoms with Crippen LogP contribution in [0, 0.1) is 20.2 Å². The highest BCUT2D eigenvalue weighted by molar-refractivity contribution is 5.33. The molecule has 0 bridgehead atoms. The van der Waals surface area contributed by atoms with Gasteiger partial charge in [0.2, 0.25) is 0 Å². The zero-order valence-corrected chi connectivity index (χ0v) is 10.2. The maximum Gasteiger partial charge on any atom is 0.492 e. The van der Waals surface area contributed by atoms with Crippen molar-refractivity contribution in [1.82, 2.24) is 35.2 Å². The van der Waals surface area contributed by atoms with Gasteiger partial charge in [-0.1, -0.05) is 0 Å². The van der Waals surface area contributed by atoms with Crippen molar-refractivity contribution in [2.24, 2.45) is 0 Å². The Morgan fingerprint density at radius 3 is 2.10 bits per heavy atom. The van der Waals surface area contributed by atoms with Gasteiger partial charge in [-0.2, -0.15) is 9.78 Å². The fourth-order valence-electron chi connectivity index (χ4n) is 1.75. The largest absolute Gasteiger partial charge is 0.492 e. The summed E-state index contributed by atoms with van der Waals surface area (Å²) in [7, 11) is 0. The summed E-state index contributed by atoms with van der Waals surface area (Å²) in [6.07, 6.45) is 2.61. The topological polar surface area (TPSA) is 172 Å². The van der Waals surface area contributed by atoms with E-state index in [0.717, 1.165) is 0 Å². The molecule has 108 valence electrons. The van der Waals surface area contributed by atoms with Crippen molar-refractivity contribution < 1.29 is 9.85 Å². The summed E-state index contributed by atoms with van der Waals surface area (Å²) in [5, 5.41) is 40.2. The number of nitro groups is 2. The van der Waals surface area contributed by atoms with Crippen molar-refractivity contribution in [2.75, 3.05) is 18.0 Å². The van der Waals surface area contributed by atoms with Crippen molar-refractivity contribution in [1.29, 1.82) is 0 Å². The van der Waals surface area contributed by atoms with Crippen LogP contribution in [0.1, 0.15) is 0 Å². The van der Waals surface area contributed by atoms with Crippen LogP contribution in [0.4, 0.5) is 5.95 Å². The summed E-state index contributed by atoms with van der Waals surface area (Å²) in [5.41, 5.74) is -2.23. The van der Waals surface area contributed by atoms with Gasteiger partial charge in [0.25, 0.3) is 11.9 Å². The molecular weight excluding hydrogens is 288 g/mol. The van der Waals surface area contributed by atoms with E-state index in [9.17, 15) is 20.2 Å². The Bertz CT molecular complexity index is 662. The molecule has 0 N–H and O–H groups in total. The molecule has 0 amide bonds. The maximum absolute atomic E-state index is 10.8. The van der Waals surface area contributed by atoms with Gasteiger partial charge in [-0.05, 0) is 0 Å². The molecule has 1 saturated heterocycles. The second-order valence-electron chi connectivity index (χ2n) is 4.19. The summed E-state index contributed by atoms with van der Waals surface area (Å²) in [4.78, 5) is 24.7. The van der Waals surface area contributed by atoms with E-state index in [0.29, 0.717) is 0 Å². The van der Waals surface area contributed by atoms with Gasteiger partial charge in [-0.3, -0.25) is 20.2 Å². The second kappa shape index (κ2) is 4.36. The van der Waals surface area contributed by atoms with E-state index >= 15 is 0 Å². The van der Waals surface area contributed by atoms with Gasteiger partial charge in [0.15, 0.2) is 13.1 Å². The van der Waals surface area contributed by atoms with Crippen molar-refractivity contribution >= 4 is 5.95 Å². The Balaban J connectivity index is 1.76. The second-order valence-corrected chi connectivity index (χ2v) is 4.19. The first-order chi connectivity index (χ1) is 10.0. The predicted octanol–water partition coefficient (Wildman–Crippen LogP) is -2.08. The summed E-state index contributed by atoms with van der Waals surface area (Å²) >= 11 is 0. The third-order valence-corrected chi connectivity index (χ3v) is 2.93. The SMILES string of the molecule is O=[N+]([O-])C1([N+](=O)[O-])CN(c2nnc(-n3cncn3)nn2)C1. The quantitative estimate of drug-likeness (QED) is 0.344. The minimum atomic E-state index is -2.23. The fourth-order valence-corrected chi connectivity index (χ4v) is 1.75. The highest BCUT2D eigenvalue weighted by atomic mass is 16.7. The molecule has 3 heterocycles. The van der Waals surface area contributed by atoms with Gasteiger partial charge in [-0.25, -0.2) is 4.98 Å². The average Bonchev–Trinajstić information content (AvgIpc) is 2.91. The Morgan fingerprint density at radius 2 is 1.62 bits per heavy atom. The van der Waals surface area contributed by atoms with Crippen LogP contribution in [0.15, 0.2) is 12.7 Å². The Morgan fingerprint density at radius 1 is 1.05 bits per heavy atom. The molecule has 0 atom stereocenters. The first kappa shape index (κ1) is 12.7. The standard InChI is InChI=1S/C7H6N10O4/c18-16(19)7(17(20)21)1-14(2-7)5-10-12-6(13-11-5)15-4-8-3-9-15/h3-4H,1-2H2. The molecule has 0 unspecified atom stereocenters. The van der Waals surface area contributed by atoms with E-state index in [1.807, 2.05) is 0 Å². The highest BCUT2D eigenvalue weighted by Crippen LogP contribution is 2.27. The normalized spacial score (nSPS) is 16.3. The molecule has 14 heteroatoms. The van der Waals surface area contributed by atoms with Gasteiger partial charge in [-0.15, -0.1) is 20.4 Å². The smallest absolute Gasteiger partial charge is 0.309 e.